The standard InChI is InChI=1S/C18H17F2N3O2/c1-10(14-5-3-12(19)8-15(14)20)17(24)22-13-4-2-11-6-7-23(18(21)25)16(11)9-13/h2-5,8-10H,6-7H2,1H3,(H2,21,25)(H,22,24). The lowest BCUT2D eigenvalue weighted by Gasteiger charge is -2.17. The largest absolute Gasteiger partial charge is 0.351 e. The van der Waals surface area contributed by atoms with Crippen molar-refractivity contribution in [3.63, 3.8) is 0 Å². The van der Waals surface area contributed by atoms with Gasteiger partial charge in [-0.25, -0.2) is 13.6 Å². The smallest absolute Gasteiger partial charge is 0.319 e. The highest BCUT2D eigenvalue weighted by atomic mass is 19.1. The first-order valence-electron chi connectivity index (χ1n) is 7.82. The Kier molecular flexibility index (Phi) is 4.39. The Labute approximate surface area is 143 Å². The Morgan fingerprint density at radius 1 is 1.20 bits per heavy atom. The highest BCUT2D eigenvalue weighted by Gasteiger charge is 2.24. The second kappa shape index (κ2) is 6.51. The number of anilines is 2. The van der Waals surface area contributed by atoms with Gasteiger partial charge < -0.3 is 11.1 Å². The molecule has 0 aromatic heterocycles. The summed E-state index contributed by atoms with van der Waals surface area (Å²) in [5.74, 6) is -2.70. The minimum atomic E-state index is -0.805. The predicted octanol–water partition coefficient (Wildman–Crippen LogP) is 3.15. The van der Waals surface area contributed by atoms with Gasteiger partial charge in [0, 0.05) is 23.9 Å². The van der Waals surface area contributed by atoms with Gasteiger partial charge in [0.25, 0.3) is 0 Å². The van der Waals surface area contributed by atoms with Gasteiger partial charge in [0.2, 0.25) is 5.91 Å². The first kappa shape index (κ1) is 16.9. The first-order chi connectivity index (χ1) is 11.9. The number of nitrogens with two attached hydrogens (primary N) is 1. The minimum absolute atomic E-state index is 0.110. The number of nitrogens with one attached hydrogen (secondary N) is 1. The molecule has 5 nitrogen and oxygen atoms in total. The van der Waals surface area contributed by atoms with Crippen LogP contribution in [0.1, 0.15) is 24.0 Å². The fraction of sp³-hybridized carbons (Fsp3) is 0.222. The highest BCUT2D eigenvalue weighted by Crippen LogP contribution is 2.31. The van der Waals surface area contributed by atoms with E-state index in [1.807, 2.05) is 6.07 Å². The molecular formula is C18H17F2N3O2. The van der Waals surface area contributed by atoms with Crippen molar-refractivity contribution in [2.75, 3.05) is 16.8 Å². The van der Waals surface area contributed by atoms with Crippen LogP contribution in [0.3, 0.4) is 0 Å². The van der Waals surface area contributed by atoms with Gasteiger partial charge in [-0.05, 0) is 37.1 Å². The Morgan fingerprint density at radius 3 is 2.64 bits per heavy atom. The Bertz CT molecular complexity index is 854. The molecule has 0 saturated heterocycles. The number of hydrogen-bond donors (Lipinski definition) is 2. The lowest BCUT2D eigenvalue weighted by Crippen LogP contribution is -2.34. The van der Waals surface area contributed by atoms with E-state index in [9.17, 15) is 18.4 Å². The Hall–Kier alpha value is -2.96. The molecule has 1 unspecified atom stereocenters. The zero-order valence-corrected chi connectivity index (χ0v) is 13.6. The van der Waals surface area contributed by atoms with Gasteiger partial charge in [-0.3, -0.25) is 9.69 Å². The van der Waals surface area contributed by atoms with Crippen LogP contribution in [0.2, 0.25) is 0 Å². The molecule has 1 atom stereocenters. The summed E-state index contributed by atoms with van der Waals surface area (Å²) in [6.45, 7) is 2.04. The summed E-state index contributed by atoms with van der Waals surface area (Å²) < 4.78 is 26.8. The van der Waals surface area contributed by atoms with Crippen LogP contribution in [0.4, 0.5) is 25.0 Å². The van der Waals surface area contributed by atoms with Gasteiger partial charge in [0.1, 0.15) is 11.6 Å². The van der Waals surface area contributed by atoms with Crippen LogP contribution in [0.15, 0.2) is 36.4 Å². The highest BCUT2D eigenvalue weighted by molar-refractivity contribution is 5.98. The maximum absolute atomic E-state index is 13.8. The van der Waals surface area contributed by atoms with E-state index in [4.69, 9.17) is 5.73 Å². The molecule has 0 aliphatic carbocycles. The SMILES string of the molecule is CC(C(=O)Nc1ccc2c(c1)N(C(N)=O)CC2)c1ccc(F)cc1F. The quantitative estimate of drug-likeness (QED) is 0.897. The summed E-state index contributed by atoms with van der Waals surface area (Å²) in [4.78, 5) is 25.3. The van der Waals surface area contributed by atoms with Crippen molar-refractivity contribution < 1.29 is 18.4 Å². The third-order valence-electron chi connectivity index (χ3n) is 4.34. The van der Waals surface area contributed by atoms with Crippen molar-refractivity contribution in [1.82, 2.24) is 0 Å². The zero-order chi connectivity index (χ0) is 18.1. The summed E-state index contributed by atoms with van der Waals surface area (Å²) in [5.41, 5.74) is 7.56. The summed E-state index contributed by atoms with van der Waals surface area (Å²) in [6, 6.07) is 7.77. The molecule has 0 bridgehead atoms. The van der Waals surface area contributed by atoms with Crippen molar-refractivity contribution in [2.24, 2.45) is 5.73 Å². The van der Waals surface area contributed by atoms with Crippen molar-refractivity contribution in [3.8, 4) is 0 Å². The molecule has 0 fully saturated rings. The van der Waals surface area contributed by atoms with Gasteiger partial charge in [-0.1, -0.05) is 12.1 Å². The van der Waals surface area contributed by atoms with E-state index < -0.39 is 29.5 Å². The number of halogens is 2. The summed E-state index contributed by atoms with van der Waals surface area (Å²) in [6.07, 6.45) is 0.698. The van der Waals surface area contributed by atoms with Crippen LogP contribution in [-0.2, 0) is 11.2 Å². The molecule has 25 heavy (non-hydrogen) atoms. The first-order valence-corrected chi connectivity index (χ1v) is 7.82. The van der Waals surface area contributed by atoms with Gasteiger partial charge >= 0.3 is 6.03 Å². The number of amides is 3. The van der Waals surface area contributed by atoms with Crippen molar-refractivity contribution in [3.05, 3.63) is 59.2 Å². The van der Waals surface area contributed by atoms with E-state index in [0.717, 1.165) is 17.7 Å². The molecule has 130 valence electrons. The molecule has 1 aliphatic rings. The third-order valence-corrected chi connectivity index (χ3v) is 4.34. The molecule has 2 aromatic rings. The van der Waals surface area contributed by atoms with Crippen molar-refractivity contribution in [1.29, 1.82) is 0 Å². The number of nitrogens with zero attached hydrogens (tertiary/aromatic N) is 1. The Morgan fingerprint density at radius 2 is 1.96 bits per heavy atom. The lowest BCUT2D eigenvalue weighted by atomic mass is 9.99. The molecule has 1 heterocycles. The number of primary amides is 1. The van der Waals surface area contributed by atoms with E-state index in [1.54, 1.807) is 12.1 Å². The molecule has 2 aromatic carbocycles. The van der Waals surface area contributed by atoms with Crippen LogP contribution < -0.4 is 16.0 Å². The van der Waals surface area contributed by atoms with Crippen molar-refractivity contribution >= 4 is 23.3 Å². The second-order valence-corrected chi connectivity index (χ2v) is 5.96. The number of rotatable bonds is 3. The summed E-state index contributed by atoms with van der Waals surface area (Å²) >= 11 is 0. The van der Waals surface area contributed by atoms with Gasteiger partial charge in [0.15, 0.2) is 0 Å². The van der Waals surface area contributed by atoms with Crippen LogP contribution >= 0.6 is 0 Å². The van der Waals surface area contributed by atoms with Crippen LogP contribution in [-0.4, -0.2) is 18.5 Å². The van der Waals surface area contributed by atoms with Gasteiger partial charge in [-0.15, -0.1) is 0 Å². The number of carbonyl (C=O) groups is 2. The maximum atomic E-state index is 13.8. The average Bonchev–Trinajstić information content (AvgIpc) is 2.97. The van der Waals surface area contributed by atoms with Gasteiger partial charge in [0.05, 0.1) is 11.6 Å². The van der Waals surface area contributed by atoms with Crippen molar-refractivity contribution in [2.45, 2.75) is 19.3 Å². The molecule has 3 rings (SSSR count). The normalized spacial score (nSPS) is 14.1. The monoisotopic (exact) mass is 345 g/mol. The zero-order valence-electron chi connectivity index (χ0n) is 13.6. The van der Waals surface area contributed by atoms with E-state index >= 15 is 0 Å². The van der Waals surface area contributed by atoms with Crippen LogP contribution in [0.5, 0.6) is 0 Å². The Balaban J connectivity index is 1.79. The fourth-order valence-corrected chi connectivity index (χ4v) is 2.93. The average molecular weight is 345 g/mol. The third kappa shape index (κ3) is 3.31. The molecule has 3 amide bonds. The maximum Gasteiger partial charge on any atom is 0.319 e. The van der Waals surface area contributed by atoms with Gasteiger partial charge in [-0.2, -0.15) is 0 Å². The molecular weight excluding hydrogens is 328 g/mol. The van der Waals surface area contributed by atoms with Crippen LogP contribution in [0.25, 0.3) is 0 Å². The topological polar surface area (TPSA) is 75.4 Å². The van der Waals surface area contributed by atoms with E-state index in [1.165, 1.54) is 17.9 Å². The number of fused-ring (bicyclic) bond motifs is 1. The minimum Gasteiger partial charge on any atom is -0.351 e. The number of hydrogen-bond acceptors (Lipinski definition) is 2. The van der Waals surface area contributed by atoms with E-state index in [-0.39, 0.29) is 5.56 Å². The molecule has 0 spiro atoms. The molecule has 7 heteroatoms. The van der Waals surface area contributed by atoms with E-state index in [2.05, 4.69) is 5.32 Å². The van der Waals surface area contributed by atoms with Crippen LogP contribution in [0, 0.1) is 11.6 Å². The number of urea groups is 1. The molecule has 0 radical (unpaired) electrons. The molecule has 3 N–H and O–H groups in total. The van der Waals surface area contributed by atoms with E-state index in [0.29, 0.717) is 24.3 Å². The summed E-state index contributed by atoms with van der Waals surface area (Å²) in [5, 5.41) is 2.69. The number of carbonyl (C=O) groups excluding carboxylic acids is 2. The molecule has 0 saturated carbocycles. The fourth-order valence-electron chi connectivity index (χ4n) is 2.93. The number of benzene rings is 2. The lowest BCUT2D eigenvalue weighted by molar-refractivity contribution is -0.117. The summed E-state index contributed by atoms with van der Waals surface area (Å²) in [7, 11) is 0. The predicted molar refractivity (Wildman–Crippen MR) is 90.5 cm³/mol. The second-order valence-electron chi connectivity index (χ2n) is 5.96. The molecule has 1 aliphatic heterocycles.